The molecule has 2 nitrogen and oxygen atoms in total. The van der Waals surface area contributed by atoms with Crippen LogP contribution in [0.2, 0.25) is 0 Å². The van der Waals surface area contributed by atoms with E-state index in [-0.39, 0.29) is 0 Å². The summed E-state index contributed by atoms with van der Waals surface area (Å²) in [5, 5.41) is 3.57. The maximum Gasteiger partial charge on any atom is 0.119 e. The van der Waals surface area contributed by atoms with Crippen LogP contribution in [0.3, 0.4) is 0 Å². The summed E-state index contributed by atoms with van der Waals surface area (Å²) in [6.45, 7) is 12.0. The van der Waals surface area contributed by atoms with Crippen molar-refractivity contribution < 1.29 is 4.74 Å². The largest absolute Gasteiger partial charge is 0.494 e. The fourth-order valence-corrected chi connectivity index (χ4v) is 1.94. The zero-order valence-electron chi connectivity index (χ0n) is 11.8. The summed E-state index contributed by atoms with van der Waals surface area (Å²) >= 11 is 0. The van der Waals surface area contributed by atoms with Crippen LogP contribution in [0.4, 0.5) is 0 Å². The average Bonchev–Trinajstić information content (AvgIpc) is 2.35. The van der Waals surface area contributed by atoms with Gasteiger partial charge >= 0.3 is 0 Å². The minimum atomic E-state index is 0.359. The van der Waals surface area contributed by atoms with Crippen LogP contribution in [0.5, 0.6) is 5.75 Å². The Morgan fingerprint density at radius 3 is 2.44 bits per heavy atom. The lowest BCUT2D eigenvalue weighted by atomic mass is 10.00. The van der Waals surface area contributed by atoms with Crippen molar-refractivity contribution in [3.8, 4) is 5.75 Å². The summed E-state index contributed by atoms with van der Waals surface area (Å²) in [5.74, 6) is 0.936. The maximum atomic E-state index is 5.46. The van der Waals surface area contributed by atoms with Gasteiger partial charge in [0.25, 0.3) is 0 Å². The molecule has 0 aliphatic carbocycles. The molecule has 18 heavy (non-hydrogen) atoms. The number of rotatable bonds is 8. The smallest absolute Gasteiger partial charge is 0.119 e. The van der Waals surface area contributed by atoms with Crippen molar-refractivity contribution in [2.75, 3.05) is 13.2 Å². The zero-order valence-corrected chi connectivity index (χ0v) is 11.8. The Hall–Kier alpha value is -1.28. The fraction of sp³-hybridized carbons (Fsp3) is 0.500. The predicted octanol–water partition coefficient (Wildman–Crippen LogP) is 4.09. The average molecular weight is 247 g/mol. The van der Waals surface area contributed by atoms with E-state index in [1.807, 2.05) is 19.1 Å². The van der Waals surface area contributed by atoms with Gasteiger partial charge in [-0.1, -0.05) is 24.6 Å². The van der Waals surface area contributed by atoms with E-state index in [1.54, 1.807) is 0 Å². The molecule has 1 aromatic carbocycles. The molecule has 0 saturated heterocycles. The van der Waals surface area contributed by atoms with Crippen LogP contribution < -0.4 is 10.1 Å². The third kappa shape index (κ3) is 4.92. The molecule has 1 rings (SSSR count). The van der Waals surface area contributed by atoms with Crippen LogP contribution in [0, 0.1) is 0 Å². The zero-order chi connectivity index (χ0) is 13.4. The second-order valence-corrected chi connectivity index (χ2v) is 4.67. The second-order valence-electron chi connectivity index (χ2n) is 4.67. The van der Waals surface area contributed by atoms with Crippen molar-refractivity contribution in [1.29, 1.82) is 0 Å². The van der Waals surface area contributed by atoms with Crippen LogP contribution in [0.1, 0.15) is 45.2 Å². The van der Waals surface area contributed by atoms with Crippen molar-refractivity contribution in [2.24, 2.45) is 0 Å². The van der Waals surface area contributed by atoms with Gasteiger partial charge in [0.2, 0.25) is 0 Å². The summed E-state index contributed by atoms with van der Waals surface area (Å²) in [7, 11) is 0. The van der Waals surface area contributed by atoms with Gasteiger partial charge in [0.15, 0.2) is 0 Å². The van der Waals surface area contributed by atoms with E-state index in [4.69, 9.17) is 4.74 Å². The first kappa shape index (κ1) is 14.8. The highest BCUT2D eigenvalue weighted by Crippen LogP contribution is 2.22. The molecule has 0 aliphatic rings. The third-order valence-electron chi connectivity index (χ3n) is 2.79. The standard InChI is InChI=1S/C16H25NO/c1-5-11-17-16(12-13(3)4)14-7-9-15(10-8-14)18-6-2/h7-10,16-17H,3,5-6,11-12H2,1-2,4H3. The molecule has 0 bridgehead atoms. The van der Waals surface area contributed by atoms with Crippen LogP contribution in [0.15, 0.2) is 36.4 Å². The first-order valence-electron chi connectivity index (χ1n) is 6.77. The second kappa shape index (κ2) is 7.93. The highest BCUT2D eigenvalue weighted by molar-refractivity contribution is 5.29. The van der Waals surface area contributed by atoms with E-state index in [9.17, 15) is 0 Å². The molecule has 0 aromatic heterocycles. The van der Waals surface area contributed by atoms with Crippen molar-refractivity contribution in [1.82, 2.24) is 5.32 Å². The van der Waals surface area contributed by atoms with Gasteiger partial charge < -0.3 is 10.1 Å². The molecular weight excluding hydrogens is 222 g/mol. The van der Waals surface area contributed by atoms with Gasteiger partial charge in [0.05, 0.1) is 6.61 Å². The minimum Gasteiger partial charge on any atom is -0.494 e. The van der Waals surface area contributed by atoms with E-state index < -0.39 is 0 Å². The number of ether oxygens (including phenoxy) is 1. The molecule has 2 heteroatoms. The summed E-state index contributed by atoms with van der Waals surface area (Å²) in [6.07, 6.45) is 2.12. The van der Waals surface area contributed by atoms with Crippen molar-refractivity contribution >= 4 is 0 Å². The highest BCUT2D eigenvalue weighted by Gasteiger charge is 2.10. The molecular formula is C16H25NO. The van der Waals surface area contributed by atoms with Gasteiger partial charge in [0, 0.05) is 6.04 Å². The molecule has 0 fully saturated rings. The lowest BCUT2D eigenvalue weighted by Gasteiger charge is -2.19. The molecule has 100 valence electrons. The summed E-state index contributed by atoms with van der Waals surface area (Å²) in [6, 6.07) is 8.72. The molecule has 0 aliphatic heterocycles. The number of hydrogen-bond donors (Lipinski definition) is 1. The van der Waals surface area contributed by atoms with Crippen LogP contribution >= 0.6 is 0 Å². The monoisotopic (exact) mass is 247 g/mol. The number of hydrogen-bond acceptors (Lipinski definition) is 2. The first-order chi connectivity index (χ1) is 8.67. The first-order valence-corrected chi connectivity index (χ1v) is 6.77. The predicted molar refractivity (Wildman–Crippen MR) is 78.1 cm³/mol. The quantitative estimate of drug-likeness (QED) is 0.699. The van der Waals surface area contributed by atoms with Gasteiger partial charge in [-0.15, -0.1) is 6.58 Å². The van der Waals surface area contributed by atoms with Crippen molar-refractivity contribution in [3.63, 3.8) is 0 Å². The summed E-state index contributed by atoms with van der Waals surface area (Å²) in [5.41, 5.74) is 2.51. The molecule has 0 amide bonds. The Bertz CT molecular complexity index is 356. The fourth-order valence-electron chi connectivity index (χ4n) is 1.94. The molecule has 0 heterocycles. The lowest BCUT2D eigenvalue weighted by molar-refractivity contribution is 0.340. The van der Waals surface area contributed by atoms with Gasteiger partial charge in [-0.05, 0) is 50.9 Å². The van der Waals surface area contributed by atoms with Crippen molar-refractivity contribution in [2.45, 2.75) is 39.7 Å². The summed E-state index contributed by atoms with van der Waals surface area (Å²) in [4.78, 5) is 0. The molecule has 0 radical (unpaired) electrons. The number of benzene rings is 1. The normalized spacial score (nSPS) is 12.2. The molecule has 1 aromatic rings. The molecule has 0 spiro atoms. The molecule has 0 saturated carbocycles. The SMILES string of the molecule is C=C(C)CC(NCCC)c1ccc(OCC)cc1. The van der Waals surface area contributed by atoms with E-state index in [0.29, 0.717) is 12.6 Å². The maximum absolute atomic E-state index is 5.46. The Balaban J connectivity index is 2.73. The topological polar surface area (TPSA) is 21.3 Å². The number of nitrogens with one attached hydrogen (secondary N) is 1. The van der Waals surface area contributed by atoms with Gasteiger partial charge in [0.1, 0.15) is 5.75 Å². The Labute approximate surface area is 111 Å². The lowest BCUT2D eigenvalue weighted by Crippen LogP contribution is -2.22. The Morgan fingerprint density at radius 1 is 1.28 bits per heavy atom. The van der Waals surface area contributed by atoms with E-state index >= 15 is 0 Å². The molecule has 1 atom stereocenters. The van der Waals surface area contributed by atoms with Gasteiger partial charge in [-0.2, -0.15) is 0 Å². The highest BCUT2D eigenvalue weighted by atomic mass is 16.5. The van der Waals surface area contributed by atoms with Gasteiger partial charge in [-0.25, -0.2) is 0 Å². The Kier molecular flexibility index (Phi) is 6.51. The Morgan fingerprint density at radius 2 is 1.94 bits per heavy atom. The van der Waals surface area contributed by atoms with Gasteiger partial charge in [-0.3, -0.25) is 0 Å². The third-order valence-corrected chi connectivity index (χ3v) is 2.79. The minimum absolute atomic E-state index is 0.359. The van der Waals surface area contributed by atoms with Crippen LogP contribution in [-0.4, -0.2) is 13.2 Å². The van der Waals surface area contributed by atoms with E-state index in [1.165, 1.54) is 11.1 Å². The van der Waals surface area contributed by atoms with Crippen molar-refractivity contribution in [3.05, 3.63) is 42.0 Å². The van der Waals surface area contributed by atoms with E-state index in [2.05, 4.69) is 37.9 Å². The summed E-state index contributed by atoms with van der Waals surface area (Å²) < 4.78 is 5.46. The molecule has 1 unspecified atom stereocenters. The molecule has 1 N–H and O–H groups in total. The van der Waals surface area contributed by atoms with Crippen LogP contribution in [-0.2, 0) is 0 Å². The van der Waals surface area contributed by atoms with E-state index in [0.717, 1.165) is 25.1 Å². The van der Waals surface area contributed by atoms with Crippen LogP contribution in [0.25, 0.3) is 0 Å².